The number of carbonyl (C=O) groups excluding carboxylic acids is 1. The largest absolute Gasteiger partial charge is 0.497 e. The zero-order valence-corrected chi connectivity index (χ0v) is 13.4. The molecule has 0 spiro atoms. The molecule has 9 heteroatoms. The van der Waals surface area contributed by atoms with Crippen molar-refractivity contribution in [3.05, 3.63) is 41.6 Å². The lowest BCUT2D eigenvalue weighted by Crippen LogP contribution is -2.38. The Kier molecular flexibility index (Phi) is 4.65. The molecule has 0 atom stereocenters. The number of rotatable bonds is 3. The Hall–Kier alpha value is -2.58. The molecule has 2 aromatic rings. The third-order valence-electron chi connectivity index (χ3n) is 4.15. The Labute approximate surface area is 141 Å². The molecule has 1 fully saturated rings. The van der Waals surface area contributed by atoms with E-state index >= 15 is 0 Å². The average Bonchev–Trinajstić information content (AvgIpc) is 3.12. The highest BCUT2D eigenvalue weighted by atomic mass is 19.4. The van der Waals surface area contributed by atoms with Crippen molar-refractivity contribution in [2.24, 2.45) is 0 Å². The molecule has 0 unspecified atom stereocenters. The molecule has 1 aromatic heterocycles. The van der Waals surface area contributed by atoms with Gasteiger partial charge in [-0.2, -0.15) is 13.2 Å². The highest BCUT2D eigenvalue weighted by molar-refractivity contribution is 5.94. The zero-order chi connectivity index (χ0) is 18.0. The van der Waals surface area contributed by atoms with E-state index in [0.29, 0.717) is 37.2 Å². The fourth-order valence-corrected chi connectivity index (χ4v) is 2.76. The van der Waals surface area contributed by atoms with E-state index in [1.54, 1.807) is 36.3 Å². The highest BCUT2D eigenvalue weighted by Gasteiger charge is 2.39. The summed E-state index contributed by atoms with van der Waals surface area (Å²) in [6, 6.07) is 6.77. The summed E-state index contributed by atoms with van der Waals surface area (Å²) < 4.78 is 47.3. The lowest BCUT2D eigenvalue weighted by Gasteiger charge is -2.30. The fraction of sp³-hybridized carbons (Fsp3) is 0.438. The molecule has 0 saturated carbocycles. The summed E-state index contributed by atoms with van der Waals surface area (Å²) in [5.74, 6) is -1.10. The molecule has 1 aromatic carbocycles. The SMILES string of the molecule is COc1ccc(C(=O)N2CCC(c3nnc(C(F)(F)F)o3)CC2)cc1. The van der Waals surface area contributed by atoms with Crippen molar-refractivity contribution in [1.29, 1.82) is 0 Å². The molecule has 3 rings (SSSR count). The number of carbonyl (C=O) groups is 1. The summed E-state index contributed by atoms with van der Waals surface area (Å²) >= 11 is 0. The van der Waals surface area contributed by atoms with Crippen molar-refractivity contribution in [3.8, 4) is 5.75 Å². The number of aromatic nitrogens is 2. The normalized spacial score (nSPS) is 16.1. The van der Waals surface area contributed by atoms with Gasteiger partial charge in [0.25, 0.3) is 5.91 Å². The lowest BCUT2D eigenvalue weighted by molar-refractivity contribution is -0.157. The van der Waals surface area contributed by atoms with Crippen LogP contribution in [0.5, 0.6) is 5.75 Å². The van der Waals surface area contributed by atoms with Gasteiger partial charge in [-0.05, 0) is 37.1 Å². The van der Waals surface area contributed by atoms with Crippen molar-refractivity contribution in [1.82, 2.24) is 15.1 Å². The molecule has 134 valence electrons. The summed E-state index contributed by atoms with van der Waals surface area (Å²) in [5, 5.41) is 6.55. The van der Waals surface area contributed by atoms with Gasteiger partial charge in [0, 0.05) is 24.6 Å². The third kappa shape index (κ3) is 3.75. The van der Waals surface area contributed by atoms with Gasteiger partial charge in [-0.1, -0.05) is 0 Å². The van der Waals surface area contributed by atoms with E-state index in [-0.39, 0.29) is 17.7 Å². The average molecular weight is 355 g/mol. The van der Waals surface area contributed by atoms with Crippen LogP contribution < -0.4 is 4.74 Å². The van der Waals surface area contributed by atoms with E-state index < -0.39 is 12.1 Å². The van der Waals surface area contributed by atoms with Gasteiger partial charge in [-0.3, -0.25) is 4.79 Å². The summed E-state index contributed by atoms with van der Waals surface area (Å²) in [6.07, 6.45) is -3.70. The number of amides is 1. The minimum absolute atomic E-state index is 0.0242. The molecule has 2 heterocycles. The lowest BCUT2D eigenvalue weighted by atomic mass is 9.96. The van der Waals surface area contributed by atoms with Gasteiger partial charge in [0.1, 0.15) is 5.75 Å². The van der Waals surface area contributed by atoms with Gasteiger partial charge in [-0.15, -0.1) is 10.2 Å². The van der Waals surface area contributed by atoms with E-state index in [2.05, 4.69) is 10.2 Å². The molecular formula is C16H16F3N3O3. The van der Waals surface area contributed by atoms with Gasteiger partial charge in [0.05, 0.1) is 7.11 Å². The predicted molar refractivity (Wildman–Crippen MR) is 80.2 cm³/mol. The van der Waals surface area contributed by atoms with E-state index in [0.717, 1.165) is 0 Å². The molecule has 1 saturated heterocycles. The second-order valence-electron chi connectivity index (χ2n) is 5.74. The first-order chi connectivity index (χ1) is 11.9. The third-order valence-corrected chi connectivity index (χ3v) is 4.15. The van der Waals surface area contributed by atoms with Gasteiger partial charge in [0.15, 0.2) is 0 Å². The van der Waals surface area contributed by atoms with Crippen molar-refractivity contribution < 1.29 is 27.1 Å². The molecule has 1 aliphatic heterocycles. The highest BCUT2D eigenvalue weighted by Crippen LogP contribution is 2.32. The number of benzene rings is 1. The maximum Gasteiger partial charge on any atom is 0.470 e. The van der Waals surface area contributed by atoms with Crippen molar-refractivity contribution >= 4 is 5.91 Å². The molecule has 0 bridgehead atoms. The van der Waals surface area contributed by atoms with Crippen LogP contribution in [0.2, 0.25) is 0 Å². The monoisotopic (exact) mass is 355 g/mol. The maximum atomic E-state index is 12.5. The Morgan fingerprint density at radius 3 is 2.36 bits per heavy atom. The summed E-state index contributed by atoms with van der Waals surface area (Å²) in [6.45, 7) is 0.832. The molecule has 1 aliphatic rings. The maximum absolute atomic E-state index is 12.5. The van der Waals surface area contributed by atoms with Crippen LogP contribution in [-0.4, -0.2) is 41.2 Å². The standard InChI is InChI=1S/C16H16F3N3O3/c1-24-12-4-2-11(3-5-12)14(23)22-8-6-10(7-9-22)13-20-21-15(25-13)16(17,18)19/h2-5,10H,6-9H2,1H3. The van der Waals surface area contributed by atoms with Crippen LogP contribution in [-0.2, 0) is 6.18 Å². The second-order valence-corrected chi connectivity index (χ2v) is 5.74. The topological polar surface area (TPSA) is 68.5 Å². The number of likely N-dealkylation sites (tertiary alicyclic amines) is 1. The van der Waals surface area contributed by atoms with Crippen LogP contribution in [0, 0.1) is 0 Å². The molecule has 25 heavy (non-hydrogen) atoms. The minimum Gasteiger partial charge on any atom is -0.497 e. The smallest absolute Gasteiger partial charge is 0.470 e. The van der Waals surface area contributed by atoms with Crippen LogP contribution >= 0.6 is 0 Å². The van der Waals surface area contributed by atoms with Gasteiger partial charge < -0.3 is 14.1 Å². The first kappa shape index (κ1) is 17.2. The number of methoxy groups -OCH3 is 1. The van der Waals surface area contributed by atoms with E-state index in [1.807, 2.05) is 0 Å². The first-order valence-corrected chi connectivity index (χ1v) is 7.72. The predicted octanol–water partition coefficient (Wildman–Crippen LogP) is 3.12. The van der Waals surface area contributed by atoms with Crippen LogP contribution in [0.15, 0.2) is 28.7 Å². The van der Waals surface area contributed by atoms with Gasteiger partial charge in [0.2, 0.25) is 5.89 Å². The van der Waals surface area contributed by atoms with Crippen LogP contribution in [0.1, 0.15) is 40.9 Å². The van der Waals surface area contributed by atoms with E-state index in [4.69, 9.17) is 9.15 Å². The van der Waals surface area contributed by atoms with E-state index in [9.17, 15) is 18.0 Å². The van der Waals surface area contributed by atoms with Crippen molar-refractivity contribution in [2.75, 3.05) is 20.2 Å². The Balaban J connectivity index is 1.61. The molecule has 0 aliphatic carbocycles. The first-order valence-electron chi connectivity index (χ1n) is 7.72. The number of piperidine rings is 1. The number of hydrogen-bond acceptors (Lipinski definition) is 5. The summed E-state index contributed by atoms with van der Waals surface area (Å²) in [5.41, 5.74) is 0.538. The van der Waals surface area contributed by atoms with Crippen LogP contribution in [0.3, 0.4) is 0 Å². The van der Waals surface area contributed by atoms with Gasteiger partial charge in [-0.25, -0.2) is 0 Å². The molecule has 0 radical (unpaired) electrons. The van der Waals surface area contributed by atoms with Crippen LogP contribution in [0.25, 0.3) is 0 Å². The Morgan fingerprint density at radius 1 is 1.20 bits per heavy atom. The number of hydrogen-bond donors (Lipinski definition) is 0. The quantitative estimate of drug-likeness (QED) is 0.846. The number of nitrogens with zero attached hydrogens (tertiary/aromatic N) is 3. The van der Waals surface area contributed by atoms with Gasteiger partial charge >= 0.3 is 12.1 Å². The minimum atomic E-state index is -4.64. The Morgan fingerprint density at radius 2 is 1.84 bits per heavy atom. The summed E-state index contributed by atoms with van der Waals surface area (Å²) in [7, 11) is 1.54. The van der Waals surface area contributed by atoms with E-state index in [1.165, 1.54) is 0 Å². The molecule has 0 N–H and O–H groups in total. The molecular weight excluding hydrogens is 339 g/mol. The zero-order valence-electron chi connectivity index (χ0n) is 13.4. The molecule has 6 nitrogen and oxygen atoms in total. The number of halogens is 3. The van der Waals surface area contributed by atoms with Crippen LogP contribution in [0.4, 0.5) is 13.2 Å². The number of ether oxygens (including phenoxy) is 1. The second kappa shape index (κ2) is 6.73. The van der Waals surface area contributed by atoms with Crippen molar-refractivity contribution in [2.45, 2.75) is 24.9 Å². The fourth-order valence-electron chi connectivity index (χ4n) is 2.76. The molecule has 1 amide bonds. The summed E-state index contributed by atoms with van der Waals surface area (Å²) in [4.78, 5) is 14.1. The number of alkyl halides is 3. The Bertz CT molecular complexity index is 735. The van der Waals surface area contributed by atoms with Crippen molar-refractivity contribution in [3.63, 3.8) is 0 Å².